The molecule has 3 aromatic rings. The summed E-state index contributed by atoms with van der Waals surface area (Å²) in [5.41, 5.74) is 1.82. The molecule has 7 nitrogen and oxygen atoms in total. The van der Waals surface area contributed by atoms with Gasteiger partial charge in [-0.2, -0.15) is 0 Å². The van der Waals surface area contributed by atoms with Crippen molar-refractivity contribution >= 4 is 0 Å². The van der Waals surface area contributed by atoms with Crippen LogP contribution in [0.3, 0.4) is 0 Å². The van der Waals surface area contributed by atoms with Crippen molar-refractivity contribution in [3.8, 4) is 29.0 Å². The molecule has 1 aromatic carbocycles. The number of ether oxygens (including phenoxy) is 2. The Labute approximate surface area is 156 Å². The summed E-state index contributed by atoms with van der Waals surface area (Å²) in [4.78, 5) is 8.50. The molecule has 0 radical (unpaired) electrons. The molecular weight excluding hydrogens is 346 g/mol. The van der Waals surface area contributed by atoms with Crippen molar-refractivity contribution in [2.45, 2.75) is 43.8 Å². The average molecular weight is 365 g/mol. The maximum Gasteiger partial charge on any atom is 0.252 e. The lowest BCUT2D eigenvalue weighted by molar-refractivity contribution is 0.0931. The molecule has 2 aliphatic rings. The minimum atomic E-state index is -0.181. The third-order valence-electron chi connectivity index (χ3n) is 4.94. The third kappa shape index (κ3) is 3.58. The van der Waals surface area contributed by atoms with E-state index in [0.717, 1.165) is 18.6 Å². The third-order valence-corrected chi connectivity index (χ3v) is 4.94. The van der Waals surface area contributed by atoms with Gasteiger partial charge in [-0.15, -0.1) is 0 Å². The van der Waals surface area contributed by atoms with Gasteiger partial charge < -0.3 is 19.1 Å². The summed E-state index contributed by atoms with van der Waals surface area (Å²) in [5.74, 6) is 2.14. The van der Waals surface area contributed by atoms with Gasteiger partial charge >= 0.3 is 0 Å². The second-order valence-corrected chi connectivity index (χ2v) is 7.08. The predicted octanol–water partition coefficient (Wildman–Crippen LogP) is 3.70. The van der Waals surface area contributed by atoms with Crippen LogP contribution in [0, 0.1) is 0 Å². The summed E-state index contributed by atoms with van der Waals surface area (Å²) < 4.78 is 16.6. The largest absolute Gasteiger partial charge is 0.491 e. The Morgan fingerprint density at radius 1 is 0.963 bits per heavy atom. The van der Waals surface area contributed by atoms with E-state index < -0.39 is 0 Å². The summed E-state index contributed by atoms with van der Waals surface area (Å²) in [6.45, 7) is 0. The van der Waals surface area contributed by atoms with Gasteiger partial charge in [0.25, 0.3) is 5.88 Å². The van der Waals surface area contributed by atoms with Crippen molar-refractivity contribution < 1.29 is 19.1 Å². The van der Waals surface area contributed by atoms with E-state index in [4.69, 9.17) is 14.0 Å². The fourth-order valence-electron chi connectivity index (χ4n) is 3.19. The summed E-state index contributed by atoms with van der Waals surface area (Å²) in [5, 5.41) is 12.6. The number of aromatic hydroxyl groups is 1. The molecule has 2 fully saturated rings. The molecule has 0 saturated heterocycles. The second kappa shape index (κ2) is 6.57. The highest BCUT2D eigenvalue weighted by atomic mass is 16.5. The van der Waals surface area contributed by atoms with Crippen molar-refractivity contribution in [1.29, 1.82) is 0 Å². The summed E-state index contributed by atoms with van der Waals surface area (Å²) in [6, 6.07) is 9.82. The highest BCUT2D eigenvalue weighted by molar-refractivity contribution is 5.51. The van der Waals surface area contributed by atoms with Gasteiger partial charge in [0.05, 0.1) is 24.6 Å². The minimum Gasteiger partial charge on any atom is -0.491 e. The summed E-state index contributed by atoms with van der Waals surface area (Å²) in [7, 11) is 0. The monoisotopic (exact) mass is 365 g/mol. The van der Waals surface area contributed by atoms with Crippen LogP contribution in [0.5, 0.6) is 17.5 Å². The smallest absolute Gasteiger partial charge is 0.252 e. The highest BCUT2D eigenvalue weighted by Crippen LogP contribution is 2.39. The quantitative estimate of drug-likeness (QED) is 0.712. The molecule has 0 bridgehead atoms. The van der Waals surface area contributed by atoms with Crippen molar-refractivity contribution in [2.24, 2.45) is 0 Å². The molecule has 2 aliphatic carbocycles. The van der Waals surface area contributed by atoms with Gasteiger partial charge in [0.15, 0.2) is 5.76 Å². The number of hydrogen-bond donors (Lipinski definition) is 1. The van der Waals surface area contributed by atoms with Gasteiger partial charge in [0, 0.05) is 0 Å². The van der Waals surface area contributed by atoms with Gasteiger partial charge in [0.2, 0.25) is 5.88 Å². The normalized spacial score (nSPS) is 21.5. The number of aromatic nitrogens is 3. The minimum absolute atomic E-state index is 0.145. The maximum absolute atomic E-state index is 9.22. The van der Waals surface area contributed by atoms with Gasteiger partial charge in [0.1, 0.15) is 17.5 Å². The van der Waals surface area contributed by atoms with Crippen LogP contribution >= 0.6 is 0 Å². The molecule has 2 aromatic heterocycles. The zero-order valence-corrected chi connectivity index (χ0v) is 14.6. The van der Waals surface area contributed by atoms with Crippen LogP contribution in [-0.4, -0.2) is 32.4 Å². The highest BCUT2D eigenvalue weighted by Gasteiger charge is 2.32. The molecular formula is C20H19N3O4. The SMILES string of the molecule is Oc1cc(-c2cnc(O[C@H]3C[C@@H](c4ccc(OC5CC5)cc4)C3)cn2)on1. The zero-order valence-electron chi connectivity index (χ0n) is 14.6. The van der Waals surface area contributed by atoms with E-state index in [9.17, 15) is 5.11 Å². The lowest BCUT2D eigenvalue weighted by Gasteiger charge is -2.35. The average Bonchev–Trinajstić information content (AvgIpc) is 3.37. The van der Waals surface area contributed by atoms with E-state index in [0.29, 0.717) is 29.4 Å². The Kier molecular flexibility index (Phi) is 3.92. The van der Waals surface area contributed by atoms with Gasteiger partial charge in [-0.3, -0.25) is 0 Å². The molecule has 0 atom stereocenters. The number of benzene rings is 1. The zero-order chi connectivity index (χ0) is 18.2. The molecule has 5 rings (SSSR count). The molecule has 0 spiro atoms. The molecule has 0 aliphatic heterocycles. The standard InChI is InChI=1S/C20H19N3O4/c24-19-9-18(27-23-19)17-10-22-20(11-21-17)26-16-7-13(8-16)12-1-3-14(4-2-12)25-15-5-6-15/h1-4,9-11,13,15-16H,5-8H2,(H,23,24)/t13-,16+. The lowest BCUT2D eigenvalue weighted by Crippen LogP contribution is -2.32. The van der Waals surface area contributed by atoms with E-state index in [1.807, 2.05) is 0 Å². The van der Waals surface area contributed by atoms with Gasteiger partial charge in [-0.1, -0.05) is 12.1 Å². The topological polar surface area (TPSA) is 90.5 Å². The molecule has 7 heteroatoms. The van der Waals surface area contributed by atoms with Crippen molar-refractivity contribution in [3.05, 3.63) is 48.3 Å². The molecule has 27 heavy (non-hydrogen) atoms. The molecule has 138 valence electrons. The number of rotatable bonds is 6. The lowest BCUT2D eigenvalue weighted by atomic mass is 9.77. The first kappa shape index (κ1) is 16.1. The Morgan fingerprint density at radius 2 is 1.78 bits per heavy atom. The van der Waals surface area contributed by atoms with Crippen molar-refractivity contribution in [2.75, 3.05) is 0 Å². The first-order chi connectivity index (χ1) is 13.2. The van der Waals surface area contributed by atoms with E-state index >= 15 is 0 Å². The van der Waals surface area contributed by atoms with Crippen LogP contribution in [0.2, 0.25) is 0 Å². The molecule has 0 amide bonds. The van der Waals surface area contributed by atoms with E-state index in [1.165, 1.54) is 24.5 Å². The van der Waals surface area contributed by atoms with Crippen LogP contribution in [0.25, 0.3) is 11.5 Å². The molecule has 2 saturated carbocycles. The van der Waals surface area contributed by atoms with Crippen LogP contribution in [0.15, 0.2) is 47.2 Å². The number of hydrogen-bond acceptors (Lipinski definition) is 7. The Morgan fingerprint density at radius 3 is 2.41 bits per heavy atom. The van der Waals surface area contributed by atoms with Crippen LogP contribution in [0.4, 0.5) is 0 Å². The van der Waals surface area contributed by atoms with Gasteiger partial charge in [-0.25, -0.2) is 9.97 Å². The fourth-order valence-corrected chi connectivity index (χ4v) is 3.19. The van der Waals surface area contributed by atoms with Crippen LogP contribution in [0.1, 0.15) is 37.2 Å². The molecule has 1 N–H and O–H groups in total. The fraction of sp³-hybridized carbons (Fsp3) is 0.350. The van der Waals surface area contributed by atoms with Crippen LogP contribution in [-0.2, 0) is 0 Å². The van der Waals surface area contributed by atoms with E-state index in [2.05, 4.69) is 39.4 Å². The summed E-state index contributed by atoms with van der Waals surface area (Å²) in [6.07, 6.45) is 7.95. The Balaban J connectivity index is 1.14. The first-order valence-electron chi connectivity index (χ1n) is 9.14. The Hall–Kier alpha value is -3.09. The number of nitrogens with zero attached hydrogens (tertiary/aromatic N) is 3. The van der Waals surface area contributed by atoms with Crippen molar-refractivity contribution in [1.82, 2.24) is 15.1 Å². The molecule has 0 unspecified atom stereocenters. The van der Waals surface area contributed by atoms with Gasteiger partial charge in [-0.05, 0) is 54.5 Å². The second-order valence-electron chi connectivity index (χ2n) is 7.08. The first-order valence-corrected chi connectivity index (χ1v) is 9.14. The Bertz CT molecular complexity index is 913. The maximum atomic E-state index is 9.22. The van der Waals surface area contributed by atoms with E-state index in [-0.39, 0.29) is 12.0 Å². The van der Waals surface area contributed by atoms with Crippen molar-refractivity contribution in [3.63, 3.8) is 0 Å². The van der Waals surface area contributed by atoms with E-state index in [1.54, 1.807) is 12.4 Å². The molecule has 2 heterocycles. The predicted molar refractivity (Wildman–Crippen MR) is 95.7 cm³/mol. The summed E-state index contributed by atoms with van der Waals surface area (Å²) >= 11 is 0. The van der Waals surface area contributed by atoms with Crippen LogP contribution < -0.4 is 9.47 Å².